The molecule has 1 aliphatic carbocycles. The Labute approximate surface area is 167 Å². The highest BCUT2D eigenvalue weighted by atomic mass is 16.6. The number of amides is 2. The van der Waals surface area contributed by atoms with Crippen molar-refractivity contribution >= 4 is 18.2 Å². The van der Waals surface area contributed by atoms with Gasteiger partial charge in [0.15, 0.2) is 0 Å². The average Bonchev–Trinajstić information content (AvgIpc) is 2.53. The van der Waals surface area contributed by atoms with Crippen LogP contribution in [0.2, 0.25) is 0 Å². The number of hydrogen-bond donors (Lipinski definition) is 3. The molecular weight excluding hydrogens is 366 g/mol. The second kappa shape index (κ2) is 11.7. The first kappa shape index (κ1) is 26.0. The SMILES string of the molecule is CCOC(=O)NC1CC(C)(C)CC(C)(C(N)C(=O)OCC)C1.CCOC(N)=O. The van der Waals surface area contributed by atoms with E-state index < -0.39 is 23.6 Å². The Kier molecular flexibility index (Phi) is 10.9. The van der Waals surface area contributed by atoms with Crippen LogP contribution < -0.4 is 16.8 Å². The van der Waals surface area contributed by atoms with Crippen LogP contribution in [0.1, 0.15) is 60.8 Å². The van der Waals surface area contributed by atoms with E-state index in [1.165, 1.54) is 0 Å². The van der Waals surface area contributed by atoms with Gasteiger partial charge in [-0.05, 0) is 50.9 Å². The molecule has 0 spiro atoms. The lowest BCUT2D eigenvalue weighted by molar-refractivity contribution is -0.149. The van der Waals surface area contributed by atoms with E-state index in [0.29, 0.717) is 26.2 Å². The molecule has 1 rings (SSSR count). The first-order chi connectivity index (χ1) is 12.9. The van der Waals surface area contributed by atoms with Crippen LogP contribution in [0.3, 0.4) is 0 Å². The fourth-order valence-corrected chi connectivity index (χ4v) is 3.88. The molecule has 0 aromatic carbocycles. The Balaban J connectivity index is 0.00000105. The molecule has 0 saturated heterocycles. The number of primary amides is 1. The van der Waals surface area contributed by atoms with Gasteiger partial charge < -0.3 is 31.0 Å². The molecule has 0 aliphatic heterocycles. The zero-order chi connectivity index (χ0) is 22.0. The quantitative estimate of drug-likeness (QED) is 0.456. The van der Waals surface area contributed by atoms with E-state index in [-0.39, 0.29) is 17.4 Å². The first-order valence-electron chi connectivity index (χ1n) is 9.68. The number of esters is 1. The summed E-state index contributed by atoms with van der Waals surface area (Å²) in [7, 11) is 0. The molecule has 9 heteroatoms. The van der Waals surface area contributed by atoms with Gasteiger partial charge in [-0.25, -0.2) is 9.59 Å². The number of rotatable bonds is 6. The van der Waals surface area contributed by atoms with Gasteiger partial charge in [-0.1, -0.05) is 20.8 Å². The molecule has 1 fully saturated rings. The second-order valence-corrected chi connectivity index (χ2v) is 7.95. The van der Waals surface area contributed by atoms with Crippen LogP contribution in [0.4, 0.5) is 9.59 Å². The predicted octanol–water partition coefficient (Wildman–Crippen LogP) is 2.31. The number of carbonyl (C=O) groups excluding carboxylic acids is 3. The molecule has 1 aliphatic rings. The van der Waals surface area contributed by atoms with Crippen molar-refractivity contribution in [2.24, 2.45) is 22.3 Å². The molecule has 0 radical (unpaired) electrons. The minimum absolute atomic E-state index is 0.0265. The first-order valence-corrected chi connectivity index (χ1v) is 9.68. The van der Waals surface area contributed by atoms with Crippen LogP contribution in [0, 0.1) is 10.8 Å². The third-order valence-corrected chi connectivity index (χ3v) is 4.57. The van der Waals surface area contributed by atoms with Gasteiger partial charge in [0.05, 0.1) is 19.8 Å². The van der Waals surface area contributed by atoms with E-state index in [1.807, 2.05) is 6.92 Å². The topological polar surface area (TPSA) is 143 Å². The molecule has 0 aromatic rings. The predicted molar refractivity (Wildman–Crippen MR) is 106 cm³/mol. The lowest BCUT2D eigenvalue weighted by atomic mass is 9.60. The zero-order valence-electron chi connectivity index (χ0n) is 18.0. The van der Waals surface area contributed by atoms with Gasteiger partial charge in [-0.2, -0.15) is 0 Å². The van der Waals surface area contributed by atoms with Crippen molar-refractivity contribution < 1.29 is 28.6 Å². The average molecular weight is 404 g/mol. The number of hydrogen-bond acceptors (Lipinski definition) is 7. The lowest BCUT2D eigenvalue weighted by Gasteiger charge is -2.48. The molecule has 5 N–H and O–H groups in total. The zero-order valence-corrected chi connectivity index (χ0v) is 18.0. The summed E-state index contributed by atoms with van der Waals surface area (Å²) in [6, 6.07) is -0.758. The van der Waals surface area contributed by atoms with E-state index in [1.54, 1.807) is 20.8 Å². The fourth-order valence-electron chi connectivity index (χ4n) is 3.88. The van der Waals surface area contributed by atoms with Gasteiger partial charge in [0.2, 0.25) is 0 Å². The molecule has 9 nitrogen and oxygen atoms in total. The third kappa shape index (κ3) is 9.25. The van der Waals surface area contributed by atoms with Crippen LogP contribution in [0.5, 0.6) is 0 Å². The monoisotopic (exact) mass is 403 g/mol. The van der Waals surface area contributed by atoms with Crippen LogP contribution in [0.15, 0.2) is 0 Å². The Bertz CT molecular complexity index is 526. The largest absolute Gasteiger partial charge is 0.465 e. The molecule has 28 heavy (non-hydrogen) atoms. The van der Waals surface area contributed by atoms with Crippen molar-refractivity contribution in [3.8, 4) is 0 Å². The normalized spacial score (nSPS) is 24.0. The van der Waals surface area contributed by atoms with E-state index in [4.69, 9.17) is 15.2 Å². The van der Waals surface area contributed by atoms with Gasteiger partial charge in [0.25, 0.3) is 0 Å². The standard InChI is InChI=1S/C16H30N2O4.C3H7NO2/c1-6-21-13(19)12(17)16(5)9-11(8-15(3,4)10-16)18-14(20)22-7-2;1-2-6-3(4)5/h11-12H,6-10,17H2,1-5H3,(H,18,20);2H2,1H3,(H2,4,5). The highest BCUT2D eigenvalue weighted by Gasteiger charge is 2.47. The maximum absolute atomic E-state index is 12.0. The van der Waals surface area contributed by atoms with Gasteiger partial charge in [-0.15, -0.1) is 0 Å². The minimum atomic E-state index is -0.711. The smallest absolute Gasteiger partial charge is 0.407 e. The summed E-state index contributed by atoms with van der Waals surface area (Å²) in [5, 5.41) is 2.89. The van der Waals surface area contributed by atoms with E-state index in [9.17, 15) is 14.4 Å². The van der Waals surface area contributed by atoms with Crippen molar-refractivity contribution in [2.45, 2.75) is 72.9 Å². The van der Waals surface area contributed by atoms with E-state index in [0.717, 1.165) is 12.8 Å². The Morgan fingerprint density at radius 2 is 1.54 bits per heavy atom. The van der Waals surface area contributed by atoms with Crippen molar-refractivity contribution in [1.82, 2.24) is 5.32 Å². The summed E-state index contributed by atoms with van der Waals surface area (Å²) in [5.74, 6) is -0.377. The van der Waals surface area contributed by atoms with Crippen LogP contribution in [0.25, 0.3) is 0 Å². The number of carbonyl (C=O) groups is 3. The molecule has 3 unspecified atom stereocenters. The number of nitrogens with two attached hydrogens (primary N) is 2. The van der Waals surface area contributed by atoms with Crippen molar-refractivity contribution in [1.29, 1.82) is 0 Å². The minimum Gasteiger partial charge on any atom is -0.465 e. The maximum atomic E-state index is 12.0. The summed E-state index contributed by atoms with van der Waals surface area (Å²) in [6.07, 6.45) is 1.14. The summed E-state index contributed by atoms with van der Waals surface area (Å²) in [6.45, 7) is 12.5. The third-order valence-electron chi connectivity index (χ3n) is 4.57. The maximum Gasteiger partial charge on any atom is 0.407 e. The molecule has 164 valence electrons. The van der Waals surface area contributed by atoms with Crippen molar-refractivity contribution in [3.05, 3.63) is 0 Å². The van der Waals surface area contributed by atoms with E-state index in [2.05, 4.69) is 29.6 Å². The molecule has 0 bridgehead atoms. The summed E-state index contributed by atoms with van der Waals surface area (Å²) in [4.78, 5) is 33.3. The Hall–Kier alpha value is -2.03. The number of ether oxygens (including phenoxy) is 3. The molecule has 2 amide bonds. The number of nitrogens with one attached hydrogen (secondary N) is 1. The molecule has 0 heterocycles. The second-order valence-electron chi connectivity index (χ2n) is 7.95. The fraction of sp³-hybridized carbons (Fsp3) is 0.842. The Morgan fingerprint density at radius 3 is 1.96 bits per heavy atom. The Morgan fingerprint density at radius 1 is 1.00 bits per heavy atom. The van der Waals surface area contributed by atoms with Crippen molar-refractivity contribution in [3.63, 3.8) is 0 Å². The van der Waals surface area contributed by atoms with Crippen LogP contribution >= 0.6 is 0 Å². The molecule has 1 saturated carbocycles. The molecular formula is C19H37N3O6. The van der Waals surface area contributed by atoms with Gasteiger partial charge in [-0.3, -0.25) is 4.79 Å². The lowest BCUT2D eigenvalue weighted by Crippen LogP contribution is -2.55. The summed E-state index contributed by atoms with van der Waals surface area (Å²) >= 11 is 0. The highest BCUT2D eigenvalue weighted by molar-refractivity contribution is 5.76. The van der Waals surface area contributed by atoms with Crippen LogP contribution in [-0.2, 0) is 19.0 Å². The summed E-state index contributed by atoms with van der Waals surface area (Å²) < 4.78 is 14.2. The van der Waals surface area contributed by atoms with Gasteiger partial charge >= 0.3 is 18.2 Å². The van der Waals surface area contributed by atoms with E-state index >= 15 is 0 Å². The van der Waals surface area contributed by atoms with Gasteiger partial charge in [0.1, 0.15) is 6.04 Å². The highest BCUT2D eigenvalue weighted by Crippen LogP contribution is 2.47. The molecule has 3 atom stereocenters. The summed E-state index contributed by atoms with van der Waals surface area (Å²) in [5.41, 5.74) is 10.3. The van der Waals surface area contributed by atoms with Crippen molar-refractivity contribution in [2.75, 3.05) is 19.8 Å². The van der Waals surface area contributed by atoms with Crippen LogP contribution in [-0.4, -0.2) is 50.1 Å². The number of alkyl carbamates (subject to hydrolysis) is 1. The molecule has 0 aromatic heterocycles. The van der Waals surface area contributed by atoms with Gasteiger partial charge in [0, 0.05) is 6.04 Å².